The molecular formula is C19H25ClFN5O3. The van der Waals surface area contributed by atoms with Gasteiger partial charge in [-0.05, 0) is 50.9 Å². The number of rotatable bonds is 6. The Balaban J connectivity index is 0.00000240. The van der Waals surface area contributed by atoms with Crippen LogP contribution in [0.2, 0.25) is 0 Å². The number of aromatic nitrogens is 3. The second-order valence-corrected chi connectivity index (χ2v) is 7.11. The van der Waals surface area contributed by atoms with Crippen LogP contribution in [0.25, 0.3) is 0 Å². The third-order valence-corrected chi connectivity index (χ3v) is 5.06. The Bertz CT molecular complexity index is 822. The summed E-state index contributed by atoms with van der Waals surface area (Å²) in [5, 5.41) is 14.0. The zero-order chi connectivity index (χ0) is 19.3. The van der Waals surface area contributed by atoms with Crippen LogP contribution in [0.15, 0.2) is 24.4 Å². The summed E-state index contributed by atoms with van der Waals surface area (Å²) < 4.78 is 26.7. The quantitative estimate of drug-likeness (QED) is 0.739. The van der Waals surface area contributed by atoms with Gasteiger partial charge in [0, 0.05) is 12.7 Å². The van der Waals surface area contributed by atoms with Crippen LogP contribution in [0.3, 0.4) is 0 Å². The third kappa shape index (κ3) is 5.43. The van der Waals surface area contributed by atoms with E-state index in [1.165, 1.54) is 18.2 Å². The molecule has 2 aliphatic rings. The second kappa shape index (κ2) is 10.00. The molecule has 1 atom stereocenters. The van der Waals surface area contributed by atoms with Gasteiger partial charge in [-0.1, -0.05) is 5.21 Å². The molecule has 0 spiro atoms. The fourth-order valence-corrected chi connectivity index (χ4v) is 3.50. The van der Waals surface area contributed by atoms with E-state index in [0.717, 1.165) is 45.4 Å². The lowest BCUT2D eigenvalue weighted by atomic mass is 10.1. The number of benzene rings is 1. The van der Waals surface area contributed by atoms with Crippen LogP contribution >= 0.6 is 12.4 Å². The van der Waals surface area contributed by atoms with E-state index in [0.29, 0.717) is 12.4 Å². The molecule has 0 aliphatic carbocycles. The minimum atomic E-state index is -0.460. The van der Waals surface area contributed by atoms with Crippen LogP contribution in [0.4, 0.5) is 10.1 Å². The molecule has 2 saturated heterocycles. The molecule has 0 saturated carbocycles. The summed E-state index contributed by atoms with van der Waals surface area (Å²) in [5.74, 6) is -0.512. The monoisotopic (exact) mass is 425 g/mol. The summed E-state index contributed by atoms with van der Waals surface area (Å²) in [6.07, 6.45) is 5.48. The molecule has 1 aromatic heterocycles. The fraction of sp³-hybridized carbons (Fsp3) is 0.526. The maximum Gasteiger partial charge on any atom is 0.277 e. The molecule has 1 amide bonds. The van der Waals surface area contributed by atoms with Crippen LogP contribution in [0.5, 0.6) is 5.75 Å². The van der Waals surface area contributed by atoms with Gasteiger partial charge in [0.1, 0.15) is 18.2 Å². The van der Waals surface area contributed by atoms with Crippen molar-refractivity contribution in [3.05, 3.63) is 35.9 Å². The number of carbonyl (C=O) groups is 1. The van der Waals surface area contributed by atoms with Crippen molar-refractivity contribution in [3.8, 4) is 5.75 Å². The Labute approximate surface area is 174 Å². The molecule has 1 unspecified atom stereocenters. The molecule has 10 heteroatoms. The highest BCUT2D eigenvalue weighted by atomic mass is 35.5. The highest BCUT2D eigenvalue weighted by Gasteiger charge is 2.21. The maximum absolute atomic E-state index is 13.7. The summed E-state index contributed by atoms with van der Waals surface area (Å²) in [6, 6.07) is 4.27. The lowest BCUT2D eigenvalue weighted by molar-refractivity contribution is 0.0681. The van der Waals surface area contributed by atoms with Crippen LogP contribution in [0, 0.1) is 5.82 Å². The molecule has 0 radical (unpaired) electrons. The maximum atomic E-state index is 13.7. The molecule has 2 fully saturated rings. The first-order valence-corrected chi connectivity index (χ1v) is 9.67. The van der Waals surface area contributed by atoms with Gasteiger partial charge in [-0.25, -0.2) is 9.07 Å². The molecule has 158 valence electrons. The molecular weight excluding hydrogens is 401 g/mol. The molecule has 1 aromatic carbocycles. The van der Waals surface area contributed by atoms with Crippen LogP contribution in [0.1, 0.15) is 42.2 Å². The fourth-order valence-electron chi connectivity index (χ4n) is 3.50. The van der Waals surface area contributed by atoms with E-state index in [4.69, 9.17) is 9.47 Å². The minimum absolute atomic E-state index is 0. The van der Waals surface area contributed by atoms with Crippen molar-refractivity contribution >= 4 is 24.0 Å². The Morgan fingerprint density at radius 3 is 2.93 bits per heavy atom. The number of nitrogens with one attached hydrogen (secondary N) is 2. The van der Waals surface area contributed by atoms with E-state index < -0.39 is 11.7 Å². The first kappa shape index (κ1) is 21.5. The number of halogens is 2. The van der Waals surface area contributed by atoms with Gasteiger partial charge in [-0.3, -0.25) is 4.79 Å². The van der Waals surface area contributed by atoms with Crippen molar-refractivity contribution in [3.63, 3.8) is 0 Å². The van der Waals surface area contributed by atoms with Crippen molar-refractivity contribution in [2.45, 2.75) is 37.8 Å². The first-order chi connectivity index (χ1) is 13.7. The van der Waals surface area contributed by atoms with Gasteiger partial charge in [-0.15, -0.1) is 17.5 Å². The highest BCUT2D eigenvalue weighted by molar-refractivity contribution is 6.03. The van der Waals surface area contributed by atoms with Gasteiger partial charge in [0.25, 0.3) is 5.91 Å². The second-order valence-electron chi connectivity index (χ2n) is 7.11. The molecule has 8 nitrogen and oxygen atoms in total. The van der Waals surface area contributed by atoms with Gasteiger partial charge in [0.05, 0.1) is 24.0 Å². The zero-order valence-electron chi connectivity index (χ0n) is 16.0. The van der Waals surface area contributed by atoms with Gasteiger partial charge >= 0.3 is 0 Å². The lowest BCUT2D eigenvalue weighted by Gasteiger charge is -2.22. The van der Waals surface area contributed by atoms with Crippen molar-refractivity contribution < 1.29 is 18.7 Å². The molecule has 29 heavy (non-hydrogen) atoms. The predicted molar refractivity (Wildman–Crippen MR) is 107 cm³/mol. The summed E-state index contributed by atoms with van der Waals surface area (Å²) in [7, 11) is 0. The number of anilines is 1. The van der Waals surface area contributed by atoms with Gasteiger partial charge in [-0.2, -0.15) is 0 Å². The molecule has 2 aliphatic heterocycles. The van der Waals surface area contributed by atoms with Crippen molar-refractivity contribution in [2.24, 2.45) is 0 Å². The van der Waals surface area contributed by atoms with Crippen molar-refractivity contribution in [1.29, 1.82) is 0 Å². The number of ether oxygens (including phenoxy) is 2. The Morgan fingerprint density at radius 2 is 2.17 bits per heavy atom. The highest BCUT2D eigenvalue weighted by Crippen LogP contribution is 2.27. The SMILES string of the molecule is Cl.O=C(Nc1cc(F)ccc1OCC1CCCO1)c1cn(C2CCNCC2)nn1. The minimum Gasteiger partial charge on any atom is -0.489 e. The Hall–Kier alpha value is -2.23. The standard InChI is InChI=1S/C19H24FN5O3.ClH/c20-13-3-4-18(28-12-15-2-1-9-27-15)16(10-13)22-19(26)17-11-25(24-23-17)14-5-7-21-8-6-14;/h3-4,10-11,14-15,21H,1-2,5-9,12H2,(H,22,26);1H. The number of amides is 1. The average molecular weight is 426 g/mol. The lowest BCUT2D eigenvalue weighted by Crippen LogP contribution is -2.29. The normalized spacial score (nSPS) is 19.6. The summed E-state index contributed by atoms with van der Waals surface area (Å²) in [6.45, 7) is 2.93. The average Bonchev–Trinajstić information content (AvgIpc) is 3.40. The topological polar surface area (TPSA) is 90.3 Å². The Morgan fingerprint density at radius 1 is 1.34 bits per heavy atom. The summed E-state index contributed by atoms with van der Waals surface area (Å²) >= 11 is 0. The number of carbonyl (C=O) groups excluding carboxylic acids is 1. The molecule has 2 N–H and O–H groups in total. The van der Waals surface area contributed by atoms with E-state index in [2.05, 4.69) is 20.9 Å². The van der Waals surface area contributed by atoms with E-state index in [1.807, 2.05) is 0 Å². The predicted octanol–water partition coefficient (Wildman–Crippen LogP) is 2.57. The number of hydrogen-bond donors (Lipinski definition) is 2. The van der Waals surface area contributed by atoms with Crippen LogP contribution in [-0.2, 0) is 4.74 Å². The smallest absolute Gasteiger partial charge is 0.277 e. The van der Waals surface area contributed by atoms with Crippen molar-refractivity contribution in [1.82, 2.24) is 20.3 Å². The Kier molecular flexibility index (Phi) is 7.40. The van der Waals surface area contributed by atoms with Crippen LogP contribution in [-0.4, -0.2) is 53.3 Å². The number of hydrogen-bond acceptors (Lipinski definition) is 6. The molecule has 0 bridgehead atoms. The molecule has 3 heterocycles. The van der Waals surface area contributed by atoms with E-state index in [-0.39, 0.29) is 35.9 Å². The molecule has 2 aromatic rings. The van der Waals surface area contributed by atoms with E-state index in [1.54, 1.807) is 10.9 Å². The van der Waals surface area contributed by atoms with Gasteiger partial charge in [0.2, 0.25) is 0 Å². The largest absolute Gasteiger partial charge is 0.489 e. The number of piperidine rings is 1. The van der Waals surface area contributed by atoms with E-state index in [9.17, 15) is 9.18 Å². The summed E-state index contributed by atoms with van der Waals surface area (Å²) in [5.41, 5.74) is 0.451. The van der Waals surface area contributed by atoms with Crippen molar-refractivity contribution in [2.75, 3.05) is 31.6 Å². The number of nitrogens with zero attached hydrogens (tertiary/aromatic N) is 3. The van der Waals surface area contributed by atoms with Crippen LogP contribution < -0.4 is 15.4 Å². The van der Waals surface area contributed by atoms with E-state index >= 15 is 0 Å². The summed E-state index contributed by atoms with van der Waals surface area (Å²) in [4.78, 5) is 12.6. The third-order valence-electron chi connectivity index (χ3n) is 5.06. The molecule has 4 rings (SSSR count). The first-order valence-electron chi connectivity index (χ1n) is 9.67. The van der Waals surface area contributed by atoms with Gasteiger partial charge in [0.15, 0.2) is 5.69 Å². The zero-order valence-corrected chi connectivity index (χ0v) is 16.8. The van der Waals surface area contributed by atoms with Gasteiger partial charge < -0.3 is 20.1 Å².